The van der Waals surface area contributed by atoms with E-state index in [2.05, 4.69) is 41.0 Å². The fourth-order valence-corrected chi connectivity index (χ4v) is 5.28. The maximum atomic E-state index is 14.8. The zero-order valence-electron chi connectivity index (χ0n) is 24.6. The molecular weight excluding hydrogens is 551 g/mol. The minimum Gasteiger partial charge on any atom is -0.462 e. The first-order valence-corrected chi connectivity index (χ1v) is 14.9. The molecule has 1 aromatic heterocycles. The van der Waals surface area contributed by atoms with Gasteiger partial charge in [0.2, 0.25) is 0 Å². The van der Waals surface area contributed by atoms with Crippen LogP contribution in [0.4, 0.5) is 32.8 Å². The molecule has 0 aliphatic carbocycles. The van der Waals surface area contributed by atoms with E-state index in [1.165, 1.54) is 6.07 Å². The molecule has 0 aliphatic rings. The maximum Gasteiger partial charge on any atom is 0.333 e. The summed E-state index contributed by atoms with van der Waals surface area (Å²) >= 11 is 1.66. The lowest BCUT2D eigenvalue weighted by Crippen LogP contribution is -2.24. The number of azo groups is 1. The summed E-state index contributed by atoms with van der Waals surface area (Å²) < 4.78 is 21.1. The molecule has 0 atom stereocenters. The predicted octanol–water partition coefficient (Wildman–Crippen LogP) is 8.60. The van der Waals surface area contributed by atoms with Gasteiger partial charge < -0.3 is 9.64 Å². The van der Waals surface area contributed by atoms with E-state index in [-0.39, 0.29) is 11.7 Å². The first-order chi connectivity index (χ1) is 20.3. The molecule has 1 N–H and O–H groups in total. The lowest BCUT2D eigenvalue weighted by atomic mass is 10.2. The quantitative estimate of drug-likeness (QED) is 0.0522. The summed E-state index contributed by atoms with van der Waals surface area (Å²) in [5, 5.41) is 11.2. The predicted molar refractivity (Wildman–Crippen MR) is 171 cm³/mol. The third kappa shape index (κ3) is 8.13. The fraction of sp³-hybridized carbons (Fsp3) is 0.312. The van der Waals surface area contributed by atoms with Crippen LogP contribution in [-0.2, 0) is 16.0 Å². The van der Waals surface area contributed by atoms with E-state index in [4.69, 9.17) is 9.72 Å². The molecule has 220 valence electrons. The molecule has 0 saturated carbocycles. The van der Waals surface area contributed by atoms with Crippen LogP contribution in [0.25, 0.3) is 10.2 Å². The normalized spacial score (nSPS) is 11.2. The van der Waals surface area contributed by atoms with E-state index in [9.17, 15) is 9.18 Å². The van der Waals surface area contributed by atoms with Crippen LogP contribution in [0, 0.1) is 5.82 Å². The zero-order valence-corrected chi connectivity index (χ0v) is 25.4. The van der Waals surface area contributed by atoms with Gasteiger partial charge in [0.05, 0.1) is 38.9 Å². The third-order valence-corrected chi connectivity index (χ3v) is 7.76. The molecule has 0 fully saturated rings. The van der Waals surface area contributed by atoms with Gasteiger partial charge in [-0.3, -0.25) is 10.4 Å². The van der Waals surface area contributed by atoms with Crippen molar-refractivity contribution < 1.29 is 13.9 Å². The molecule has 0 unspecified atom stereocenters. The molecule has 4 aromatic rings. The van der Waals surface area contributed by atoms with Crippen LogP contribution in [0.5, 0.6) is 0 Å². The van der Waals surface area contributed by atoms with Crippen molar-refractivity contribution in [3.8, 4) is 0 Å². The number of halogens is 1. The number of carbonyl (C=O) groups is 1. The number of anilines is 3. The lowest BCUT2D eigenvalue weighted by Gasteiger charge is -2.21. The van der Waals surface area contributed by atoms with Gasteiger partial charge in [0.1, 0.15) is 5.69 Å². The van der Waals surface area contributed by atoms with Crippen molar-refractivity contribution in [1.82, 2.24) is 4.98 Å². The summed E-state index contributed by atoms with van der Waals surface area (Å²) in [6, 6.07) is 18.6. The Bertz CT molecular complexity index is 1550. The minimum absolute atomic E-state index is 0.168. The summed E-state index contributed by atoms with van der Waals surface area (Å²) in [5.41, 5.74) is 7.96. The fourth-order valence-electron chi connectivity index (χ4n) is 4.29. The van der Waals surface area contributed by atoms with E-state index in [1.54, 1.807) is 30.4 Å². The number of unbranched alkanes of at least 4 members (excludes halogenated alkanes) is 1. The van der Waals surface area contributed by atoms with Gasteiger partial charge in [-0.1, -0.05) is 6.58 Å². The van der Waals surface area contributed by atoms with Gasteiger partial charge in [-0.2, -0.15) is 5.11 Å². The number of nitrogens with zero attached hydrogens (tertiary/aromatic N) is 5. The number of benzene rings is 3. The number of nitrogens with one attached hydrogen (secondary N) is 1. The van der Waals surface area contributed by atoms with Crippen LogP contribution in [0.15, 0.2) is 83.0 Å². The molecule has 4 rings (SSSR count). The molecule has 8 nitrogen and oxygen atoms in total. The molecule has 0 saturated heterocycles. The Hall–Kier alpha value is -4.31. The smallest absolute Gasteiger partial charge is 0.333 e. The molecular formula is C32H37FN6O2S. The topological polar surface area (TPSA) is 82.4 Å². The first-order valence-electron chi connectivity index (χ1n) is 14.1. The largest absolute Gasteiger partial charge is 0.462 e. The summed E-state index contributed by atoms with van der Waals surface area (Å²) in [6.07, 6.45) is 2.47. The number of carbonyl (C=O) groups excluding carboxylic acids is 1. The Morgan fingerprint density at radius 2 is 1.76 bits per heavy atom. The standard InChI is InChI=1S/C32H37FN6O2S/c1-6-39(7-2)25-14-11-23(12-15-25)35-36-28-17-13-24(20-27(28)33)37-38(5)26-16-18-30-29(21-26)34-31(42-30)10-8-9-19-41-32(40)22(3)4/h11-18,20-21,37H,3,6-10,19H2,1-2,4-5H3/b36-35+. The van der Waals surface area contributed by atoms with Crippen molar-refractivity contribution in [2.24, 2.45) is 10.2 Å². The first kappa shape index (κ1) is 30.6. The van der Waals surface area contributed by atoms with Crippen molar-refractivity contribution in [3.05, 3.63) is 83.6 Å². The second-order valence-electron chi connectivity index (χ2n) is 9.86. The number of hydrogen-bond acceptors (Lipinski definition) is 9. The van der Waals surface area contributed by atoms with Gasteiger partial charge in [0, 0.05) is 37.5 Å². The minimum atomic E-state index is -0.467. The number of aromatic nitrogens is 1. The Morgan fingerprint density at radius 1 is 1.02 bits per heavy atom. The Kier molecular flexibility index (Phi) is 10.6. The van der Waals surface area contributed by atoms with Crippen LogP contribution >= 0.6 is 11.3 Å². The summed E-state index contributed by atoms with van der Waals surface area (Å²) in [4.78, 5) is 18.5. The van der Waals surface area contributed by atoms with E-state index in [0.717, 1.165) is 59.0 Å². The third-order valence-electron chi connectivity index (χ3n) is 6.67. The second-order valence-corrected chi connectivity index (χ2v) is 11.0. The van der Waals surface area contributed by atoms with E-state index in [1.807, 2.05) is 54.5 Å². The van der Waals surface area contributed by atoms with Gasteiger partial charge in [-0.15, -0.1) is 16.5 Å². The highest BCUT2D eigenvalue weighted by atomic mass is 32.1. The number of rotatable bonds is 14. The van der Waals surface area contributed by atoms with Gasteiger partial charge >= 0.3 is 5.97 Å². The molecule has 0 radical (unpaired) electrons. The molecule has 0 aliphatic heterocycles. The Morgan fingerprint density at radius 3 is 2.45 bits per heavy atom. The van der Waals surface area contributed by atoms with E-state index in [0.29, 0.717) is 23.6 Å². The molecule has 10 heteroatoms. The summed E-state index contributed by atoms with van der Waals surface area (Å²) in [7, 11) is 1.87. The second kappa shape index (κ2) is 14.5. The molecule has 0 amide bonds. The number of hydrogen-bond donors (Lipinski definition) is 1. The molecule has 42 heavy (non-hydrogen) atoms. The average Bonchev–Trinajstić information content (AvgIpc) is 3.40. The molecule has 1 heterocycles. The Labute approximate surface area is 250 Å². The molecule has 3 aromatic carbocycles. The SMILES string of the molecule is C=C(C)C(=O)OCCCCc1nc2cc(N(C)Nc3ccc(/N=N/c4ccc(N(CC)CC)cc4)c(F)c3)ccc2s1. The van der Waals surface area contributed by atoms with Crippen molar-refractivity contribution in [3.63, 3.8) is 0 Å². The monoisotopic (exact) mass is 588 g/mol. The maximum absolute atomic E-state index is 14.8. The highest BCUT2D eigenvalue weighted by Crippen LogP contribution is 2.29. The van der Waals surface area contributed by atoms with Crippen molar-refractivity contribution in [2.75, 3.05) is 42.1 Å². The zero-order chi connectivity index (χ0) is 30.1. The number of hydrazine groups is 1. The van der Waals surface area contributed by atoms with Crippen LogP contribution in [0.3, 0.4) is 0 Å². The number of esters is 1. The van der Waals surface area contributed by atoms with Crippen LogP contribution in [0.2, 0.25) is 0 Å². The molecule has 0 bridgehead atoms. The number of ether oxygens (including phenoxy) is 1. The highest BCUT2D eigenvalue weighted by Gasteiger charge is 2.10. The van der Waals surface area contributed by atoms with Crippen molar-refractivity contribution in [2.45, 2.75) is 40.0 Å². The van der Waals surface area contributed by atoms with Crippen LogP contribution in [-0.4, -0.2) is 37.7 Å². The summed E-state index contributed by atoms with van der Waals surface area (Å²) in [6.45, 7) is 11.7. The number of aryl methyl sites for hydroxylation is 1. The van der Waals surface area contributed by atoms with Gasteiger partial charge in [0.15, 0.2) is 5.82 Å². The number of fused-ring (bicyclic) bond motifs is 1. The van der Waals surface area contributed by atoms with Gasteiger partial charge in [-0.25, -0.2) is 14.2 Å². The molecule has 0 spiro atoms. The summed E-state index contributed by atoms with van der Waals surface area (Å²) in [5.74, 6) is -0.817. The van der Waals surface area contributed by atoms with Crippen LogP contribution in [0.1, 0.15) is 38.6 Å². The van der Waals surface area contributed by atoms with Gasteiger partial charge in [0.25, 0.3) is 0 Å². The van der Waals surface area contributed by atoms with E-state index >= 15 is 0 Å². The van der Waals surface area contributed by atoms with E-state index < -0.39 is 5.82 Å². The van der Waals surface area contributed by atoms with Crippen LogP contribution < -0.4 is 15.3 Å². The lowest BCUT2D eigenvalue weighted by molar-refractivity contribution is -0.139. The Balaban J connectivity index is 1.33. The van der Waals surface area contributed by atoms with Crippen molar-refractivity contribution >= 4 is 56.0 Å². The van der Waals surface area contributed by atoms with Crippen molar-refractivity contribution in [1.29, 1.82) is 0 Å². The van der Waals surface area contributed by atoms with Gasteiger partial charge in [-0.05, 0) is 94.6 Å². The highest BCUT2D eigenvalue weighted by molar-refractivity contribution is 7.18. The number of thiazole rings is 1. The average molecular weight is 589 g/mol.